The van der Waals surface area contributed by atoms with Gasteiger partial charge in [-0.2, -0.15) is 0 Å². The fourth-order valence-electron chi connectivity index (χ4n) is 6.87. The zero-order valence-electron chi connectivity index (χ0n) is 24.9. The minimum absolute atomic E-state index is 0.904. The van der Waals surface area contributed by atoms with Gasteiger partial charge in [-0.1, -0.05) is 127 Å². The summed E-state index contributed by atoms with van der Waals surface area (Å²) in [5, 5.41) is 4.89. The summed E-state index contributed by atoms with van der Waals surface area (Å²) in [4.78, 5) is 5.25. The number of nitrogens with zero attached hydrogens (tertiary/aromatic N) is 3. The van der Waals surface area contributed by atoms with Crippen molar-refractivity contribution >= 4 is 43.6 Å². The molecule has 0 atom stereocenters. The van der Waals surface area contributed by atoms with Crippen molar-refractivity contribution in [2.24, 2.45) is 0 Å². The van der Waals surface area contributed by atoms with E-state index in [4.69, 9.17) is 4.98 Å². The number of benzene rings is 6. The summed E-state index contributed by atoms with van der Waals surface area (Å²) in [7, 11) is 0. The molecule has 0 radical (unpaired) electrons. The molecule has 9 aromatic rings. The molecule has 0 aliphatic rings. The predicted octanol–water partition coefficient (Wildman–Crippen LogP) is 10.9. The molecule has 0 bridgehead atoms. The maximum atomic E-state index is 5.25. The van der Waals surface area contributed by atoms with E-state index in [-0.39, 0.29) is 0 Å². The highest BCUT2D eigenvalue weighted by Gasteiger charge is 2.21. The Morgan fingerprint density at radius 1 is 0.400 bits per heavy atom. The number of hydrogen-bond acceptors (Lipinski definition) is 1. The molecular weight excluding hydrogens is 546 g/mol. The number of rotatable bonds is 4. The molecule has 6 aromatic carbocycles. The molecule has 0 spiro atoms. The van der Waals surface area contributed by atoms with E-state index in [1.165, 1.54) is 49.3 Å². The Balaban J connectivity index is 1.37. The van der Waals surface area contributed by atoms with Crippen LogP contribution in [0.5, 0.6) is 0 Å². The maximum Gasteiger partial charge on any atom is 0.138 e. The minimum atomic E-state index is 0.904. The second kappa shape index (κ2) is 10.1. The lowest BCUT2D eigenvalue weighted by Crippen LogP contribution is -2.01. The molecule has 9 rings (SSSR count). The topological polar surface area (TPSA) is 22.8 Å². The Morgan fingerprint density at radius 3 is 1.62 bits per heavy atom. The van der Waals surface area contributed by atoms with Crippen LogP contribution >= 0.6 is 0 Å². The maximum absolute atomic E-state index is 5.25. The van der Waals surface area contributed by atoms with E-state index in [1.54, 1.807) is 0 Å². The molecule has 45 heavy (non-hydrogen) atoms. The van der Waals surface area contributed by atoms with Gasteiger partial charge in [0, 0.05) is 32.8 Å². The number of aromatic nitrogens is 3. The molecule has 0 fully saturated rings. The summed E-state index contributed by atoms with van der Waals surface area (Å²) >= 11 is 0. The van der Waals surface area contributed by atoms with Gasteiger partial charge in [-0.05, 0) is 54.4 Å². The highest BCUT2D eigenvalue weighted by atomic mass is 15.1. The normalized spacial score (nSPS) is 11.7. The van der Waals surface area contributed by atoms with Crippen molar-refractivity contribution in [3.8, 4) is 33.9 Å². The first-order chi connectivity index (χ1) is 22.2. The Kier molecular flexibility index (Phi) is 5.72. The van der Waals surface area contributed by atoms with Gasteiger partial charge in [-0.25, -0.2) is 4.98 Å². The van der Waals surface area contributed by atoms with Crippen LogP contribution in [-0.4, -0.2) is 14.1 Å². The Labute approximate surface area is 261 Å². The highest BCUT2D eigenvalue weighted by molar-refractivity contribution is 6.23. The van der Waals surface area contributed by atoms with E-state index in [0.717, 1.165) is 33.8 Å². The van der Waals surface area contributed by atoms with Gasteiger partial charge in [-0.15, -0.1) is 0 Å². The summed E-state index contributed by atoms with van der Waals surface area (Å²) < 4.78 is 4.79. The largest absolute Gasteiger partial charge is 0.307 e. The third-order valence-electron chi connectivity index (χ3n) is 9.01. The molecule has 0 amide bonds. The van der Waals surface area contributed by atoms with Crippen molar-refractivity contribution in [2.45, 2.75) is 6.92 Å². The second-order valence-electron chi connectivity index (χ2n) is 11.7. The monoisotopic (exact) mass is 575 g/mol. The standard InChI is InChI=1S/C42H29N3/c1-28-18-20-29(21-19-28)30-22-24-32(25-23-30)44-38-15-7-5-12-33(38)35-26-27-36-34-13-6-8-16-39(34)45(42(36)41(35)44)40-17-9-14-37(43-40)31-10-3-2-4-11-31/h2-27H,1H3. The zero-order valence-corrected chi connectivity index (χ0v) is 24.9. The molecule has 0 N–H and O–H groups in total. The van der Waals surface area contributed by atoms with E-state index in [1.807, 2.05) is 6.07 Å². The lowest BCUT2D eigenvalue weighted by atomic mass is 10.0. The average Bonchev–Trinajstić information content (AvgIpc) is 3.62. The van der Waals surface area contributed by atoms with Crippen molar-refractivity contribution < 1.29 is 0 Å². The number of pyridine rings is 1. The van der Waals surface area contributed by atoms with Crippen LogP contribution in [0.3, 0.4) is 0 Å². The van der Waals surface area contributed by atoms with Gasteiger partial charge in [-0.3, -0.25) is 4.57 Å². The quantitative estimate of drug-likeness (QED) is 0.205. The Hall–Kier alpha value is -5.93. The highest BCUT2D eigenvalue weighted by Crippen LogP contribution is 2.41. The van der Waals surface area contributed by atoms with Gasteiger partial charge in [0.15, 0.2) is 0 Å². The minimum Gasteiger partial charge on any atom is -0.307 e. The van der Waals surface area contributed by atoms with E-state index in [0.29, 0.717) is 0 Å². The van der Waals surface area contributed by atoms with Crippen molar-refractivity contribution in [1.29, 1.82) is 0 Å². The SMILES string of the molecule is Cc1ccc(-c2ccc(-n3c4ccccc4c4ccc5c6ccccc6n(-c6cccc(-c7ccccc7)n6)c5c43)cc2)cc1. The lowest BCUT2D eigenvalue weighted by Gasteiger charge is -2.13. The Bertz CT molecular complexity index is 2520. The van der Waals surface area contributed by atoms with Crippen LogP contribution in [-0.2, 0) is 0 Å². The molecule has 0 aliphatic carbocycles. The summed E-state index contributed by atoms with van der Waals surface area (Å²) in [5.74, 6) is 0.904. The van der Waals surface area contributed by atoms with Crippen molar-refractivity contribution in [3.63, 3.8) is 0 Å². The fraction of sp³-hybridized carbons (Fsp3) is 0.0238. The predicted molar refractivity (Wildman–Crippen MR) is 189 cm³/mol. The molecule has 0 saturated carbocycles. The van der Waals surface area contributed by atoms with Gasteiger partial charge in [0.2, 0.25) is 0 Å². The molecule has 212 valence electrons. The smallest absolute Gasteiger partial charge is 0.138 e. The van der Waals surface area contributed by atoms with E-state index in [2.05, 4.69) is 168 Å². The first-order valence-corrected chi connectivity index (χ1v) is 15.4. The Morgan fingerprint density at radius 2 is 0.956 bits per heavy atom. The van der Waals surface area contributed by atoms with Gasteiger partial charge in [0.05, 0.1) is 27.8 Å². The van der Waals surface area contributed by atoms with Crippen molar-refractivity contribution in [2.75, 3.05) is 0 Å². The molecule has 3 nitrogen and oxygen atoms in total. The fourth-order valence-corrected chi connectivity index (χ4v) is 6.87. The van der Waals surface area contributed by atoms with E-state index >= 15 is 0 Å². The lowest BCUT2D eigenvalue weighted by molar-refractivity contribution is 1.08. The van der Waals surface area contributed by atoms with Gasteiger partial charge >= 0.3 is 0 Å². The molecule has 0 saturated heterocycles. The average molecular weight is 576 g/mol. The zero-order chi connectivity index (χ0) is 29.9. The summed E-state index contributed by atoms with van der Waals surface area (Å²) in [6, 6.07) is 56.5. The van der Waals surface area contributed by atoms with Crippen molar-refractivity contribution in [1.82, 2.24) is 14.1 Å². The number of para-hydroxylation sites is 2. The molecule has 0 unspecified atom stereocenters. The van der Waals surface area contributed by atoms with Crippen molar-refractivity contribution in [3.05, 3.63) is 163 Å². The molecule has 3 heteroatoms. The molecule has 3 aromatic heterocycles. The molecular formula is C42H29N3. The molecule has 0 aliphatic heterocycles. The van der Waals surface area contributed by atoms with E-state index < -0.39 is 0 Å². The summed E-state index contributed by atoms with van der Waals surface area (Å²) in [6.45, 7) is 2.13. The van der Waals surface area contributed by atoms with Crippen LogP contribution in [0.25, 0.3) is 77.5 Å². The van der Waals surface area contributed by atoms with Crippen LogP contribution in [0.15, 0.2) is 158 Å². The van der Waals surface area contributed by atoms with Gasteiger partial charge in [0.1, 0.15) is 5.82 Å². The first kappa shape index (κ1) is 25.6. The van der Waals surface area contributed by atoms with Crippen LogP contribution in [0, 0.1) is 6.92 Å². The second-order valence-corrected chi connectivity index (χ2v) is 11.7. The first-order valence-electron chi connectivity index (χ1n) is 15.4. The van der Waals surface area contributed by atoms with Gasteiger partial charge < -0.3 is 4.57 Å². The number of fused-ring (bicyclic) bond motifs is 7. The molecule has 3 heterocycles. The van der Waals surface area contributed by atoms with Crippen LogP contribution < -0.4 is 0 Å². The van der Waals surface area contributed by atoms with Crippen LogP contribution in [0.1, 0.15) is 5.56 Å². The van der Waals surface area contributed by atoms with Gasteiger partial charge in [0.25, 0.3) is 0 Å². The summed E-state index contributed by atoms with van der Waals surface area (Å²) in [6.07, 6.45) is 0. The third kappa shape index (κ3) is 4.01. The van der Waals surface area contributed by atoms with Crippen LogP contribution in [0.2, 0.25) is 0 Å². The van der Waals surface area contributed by atoms with E-state index in [9.17, 15) is 0 Å². The third-order valence-corrected chi connectivity index (χ3v) is 9.01. The van der Waals surface area contributed by atoms with Crippen LogP contribution in [0.4, 0.5) is 0 Å². The number of hydrogen-bond donors (Lipinski definition) is 0. The number of aryl methyl sites for hydroxylation is 1. The summed E-state index contributed by atoms with van der Waals surface area (Å²) in [5.41, 5.74) is 11.6.